The van der Waals surface area contributed by atoms with Crippen molar-refractivity contribution in [3.05, 3.63) is 34.3 Å². The van der Waals surface area contributed by atoms with Crippen LogP contribution in [0.3, 0.4) is 0 Å². The van der Waals surface area contributed by atoms with Crippen LogP contribution in [0.25, 0.3) is 0 Å². The molecule has 0 bridgehead atoms. The van der Waals surface area contributed by atoms with E-state index in [0.29, 0.717) is 38.0 Å². The maximum atomic E-state index is 12.7. The van der Waals surface area contributed by atoms with Crippen LogP contribution in [0, 0.1) is 11.8 Å². The lowest BCUT2D eigenvalue weighted by atomic mass is 9.85. The minimum atomic E-state index is -0.0214. The SMILES string of the molecule is CC(CC(=O)N1CCOC(c2cccc(Br)c2)C1)C1CCCNC1.Cl. The van der Waals surface area contributed by atoms with Gasteiger partial charge in [-0.15, -0.1) is 12.4 Å². The van der Waals surface area contributed by atoms with Gasteiger partial charge < -0.3 is 15.0 Å². The largest absolute Gasteiger partial charge is 0.370 e. The van der Waals surface area contributed by atoms with Crippen LogP contribution in [0.1, 0.15) is 37.9 Å². The second-order valence-corrected chi connectivity index (χ2v) is 7.96. The topological polar surface area (TPSA) is 41.6 Å². The van der Waals surface area contributed by atoms with Crippen molar-refractivity contribution in [3.63, 3.8) is 0 Å². The average Bonchev–Trinajstić information content (AvgIpc) is 2.62. The average molecular weight is 432 g/mol. The number of amides is 1. The molecule has 0 aliphatic carbocycles. The van der Waals surface area contributed by atoms with E-state index in [1.165, 1.54) is 12.8 Å². The van der Waals surface area contributed by atoms with E-state index in [2.05, 4.69) is 40.3 Å². The molecule has 25 heavy (non-hydrogen) atoms. The second kappa shape index (κ2) is 9.91. The van der Waals surface area contributed by atoms with Crippen LogP contribution >= 0.6 is 28.3 Å². The predicted molar refractivity (Wildman–Crippen MR) is 106 cm³/mol. The Bertz CT molecular complexity index is 566. The molecule has 2 aliphatic rings. The summed E-state index contributed by atoms with van der Waals surface area (Å²) >= 11 is 3.51. The van der Waals surface area contributed by atoms with E-state index in [-0.39, 0.29) is 24.4 Å². The van der Waals surface area contributed by atoms with Gasteiger partial charge in [0.15, 0.2) is 0 Å². The summed E-state index contributed by atoms with van der Waals surface area (Å²) in [6.45, 7) is 6.38. The monoisotopic (exact) mass is 430 g/mol. The van der Waals surface area contributed by atoms with Gasteiger partial charge in [-0.3, -0.25) is 4.79 Å². The number of piperidine rings is 1. The van der Waals surface area contributed by atoms with Gasteiger partial charge in [0.25, 0.3) is 0 Å². The van der Waals surface area contributed by atoms with Crippen LogP contribution in [0.4, 0.5) is 0 Å². The number of carbonyl (C=O) groups is 1. The number of halogens is 2. The molecule has 3 atom stereocenters. The number of hydrogen-bond acceptors (Lipinski definition) is 3. The fraction of sp³-hybridized carbons (Fsp3) is 0.632. The highest BCUT2D eigenvalue weighted by atomic mass is 79.9. The molecule has 1 amide bonds. The Kier molecular flexibility index (Phi) is 8.20. The number of morpholine rings is 1. The molecular weight excluding hydrogens is 404 g/mol. The molecule has 4 nitrogen and oxygen atoms in total. The van der Waals surface area contributed by atoms with Crippen LogP contribution in [-0.4, -0.2) is 43.6 Å². The molecule has 0 spiro atoms. The molecule has 2 fully saturated rings. The second-order valence-electron chi connectivity index (χ2n) is 7.04. The lowest BCUT2D eigenvalue weighted by Gasteiger charge is -2.35. The first-order chi connectivity index (χ1) is 11.6. The van der Waals surface area contributed by atoms with Gasteiger partial charge in [-0.1, -0.05) is 35.0 Å². The van der Waals surface area contributed by atoms with Crippen molar-refractivity contribution in [1.29, 1.82) is 0 Å². The third-order valence-corrected chi connectivity index (χ3v) is 5.77. The van der Waals surface area contributed by atoms with Crippen LogP contribution in [0.2, 0.25) is 0 Å². The zero-order valence-corrected chi connectivity index (χ0v) is 17.2. The molecule has 1 N–H and O–H groups in total. The molecule has 2 saturated heterocycles. The third kappa shape index (κ3) is 5.68. The van der Waals surface area contributed by atoms with Crippen molar-refractivity contribution in [1.82, 2.24) is 10.2 Å². The van der Waals surface area contributed by atoms with E-state index in [1.807, 2.05) is 17.0 Å². The van der Waals surface area contributed by atoms with Gasteiger partial charge in [-0.05, 0) is 55.5 Å². The van der Waals surface area contributed by atoms with Gasteiger partial charge in [-0.25, -0.2) is 0 Å². The summed E-state index contributed by atoms with van der Waals surface area (Å²) < 4.78 is 6.94. The van der Waals surface area contributed by atoms with E-state index in [9.17, 15) is 4.79 Å². The summed E-state index contributed by atoms with van der Waals surface area (Å²) in [5, 5.41) is 3.45. The molecule has 3 rings (SSSR count). The molecule has 3 unspecified atom stereocenters. The Morgan fingerprint density at radius 2 is 2.32 bits per heavy atom. The summed E-state index contributed by atoms with van der Waals surface area (Å²) in [5.74, 6) is 1.35. The molecule has 0 saturated carbocycles. The Morgan fingerprint density at radius 1 is 1.48 bits per heavy atom. The smallest absolute Gasteiger partial charge is 0.223 e. The summed E-state index contributed by atoms with van der Waals surface area (Å²) in [6, 6.07) is 8.17. The first-order valence-electron chi connectivity index (χ1n) is 8.99. The fourth-order valence-corrected chi connectivity index (χ4v) is 4.14. The van der Waals surface area contributed by atoms with Crippen molar-refractivity contribution in [2.45, 2.75) is 32.3 Å². The highest BCUT2D eigenvalue weighted by Gasteiger charge is 2.28. The number of hydrogen-bond donors (Lipinski definition) is 1. The quantitative estimate of drug-likeness (QED) is 0.788. The van der Waals surface area contributed by atoms with Gasteiger partial charge >= 0.3 is 0 Å². The van der Waals surface area contributed by atoms with Crippen molar-refractivity contribution < 1.29 is 9.53 Å². The maximum Gasteiger partial charge on any atom is 0.223 e. The molecular formula is C19H28BrClN2O2. The lowest BCUT2D eigenvalue weighted by Crippen LogP contribution is -2.43. The molecule has 0 radical (unpaired) electrons. The minimum absolute atomic E-state index is 0. The standard InChI is InChI=1S/C19H27BrN2O2.ClH/c1-14(16-5-3-7-21-12-16)10-19(23)22-8-9-24-18(13-22)15-4-2-6-17(20)11-15;/h2,4,6,11,14,16,18,21H,3,5,7-10,12-13H2,1H3;1H. The summed E-state index contributed by atoms with van der Waals surface area (Å²) in [5.41, 5.74) is 1.13. The number of nitrogens with one attached hydrogen (secondary N) is 1. The van der Waals surface area contributed by atoms with E-state index in [4.69, 9.17) is 4.74 Å². The van der Waals surface area contributed by atoms with Crippen LogP contribution in [0.15, 0.2) is 28.7 Å². The third-order valence-electron chi connectivity index (χ3n) is 5.28. The van der Waals surface area contributed by atoms with Gasteiger partial charge in [0.05, 0.1) is 13.2 Å². The van der Waals surface area contributed by atoms with Crippen LogP contribution in [-0.2, 0) is 9.53 Å². The van der Waals surface area contributed by atoms with Crippen molar-refractivity contribution in [3.8, 4) is 0 Å². The molecule has 2 aliphatic heterocycles. The predicted octanol–water partition coefficient (Wildman–Crippen LogP) is 3.80. The Labute approximate surface area is 165 Å². The number of rotatable bonds is 4. The Balaban J connectivity index is 0.00000225. The molecule has 2 heterocycles. The summed E-state index contributed by atoms with van der Waals surface area (Å²) in [6.07, 6.45) is 3.10. The first kappa shape index (κ1) is 20.7. The van der Waals surface area contributed by atoms with Gasteiger partial charge in [0, 0.05) is 17.4 Å². The van der Waals surface area contributed by atoms with E-state index in [1.54, 1.807) is 0 Å². The number of ether oxygens (including phenoxy) is 1. The van der Waals surface area contributed by atoms with E-state index >= 15 is 0 Å². The fourth-order valence-electron chi connectivity index (χ4n) is 3.72. The van der Waals surface area contributed by atoms with Gasteiger partial charge in [-0.2, -0.15) is 0 Å². The summed E-state index contributed by atoms with van der Waals surface area (Å²) in [4.78, 5) is 14.7. The number of carbonyl (C=O) groups excluding carboxylic acids is 1. The zero-order valence-electron chi connectivity index (χ0n) is 14.7. The first-order valence-corrected chi connectivity index (χ1v) is 9.78. The number of nitrogens with zero attached hydrogens (tertiary/aromatic N) is 1. The van der Waals surface area contributed by atoms with Crippen LogP contribution < -0.4 is 5.32 Å². The van der Waals surface area contributed by atoms with Gasteiger partial charge in [0.1, 0.15) is 6.10 Å². The van der Waals surface area contributed by atoms with Gasteiger partial charge in [0.2, 0.25) is 5.91 Å². The molecule has 0 aromatic heterocycles. The lowest BCUT2D eigenvalue weighted by molar-refractivity contribution is -0.140. The molecule has 1 aromatic rings. The normalized spacial score (nSPS) is 25.1. The molecule has 1 aromatic carbocycles. The van der Waals surface area contributed by atoms with Crippen LogP contribution in [0.5, 0.6) is 0 Å². The maximum absolute atomic E-state index is 12.7. The van der Waals surface area contributed by atoms with Crippen molar-refractivity contribution in [2.75, 3.05) is 32.8 Å². The Hall–Kier alpha value is -0.620. The van der Waals surface area contributed by atoms with Crippen molar-refractivity contribution in [2.24, 2.45) is 11.8 Å². The van der Waals surface area contributed by atoms with Crippen molar-refractivity contribution >= 4 is 34.2 Å². The molecule has 6 heteroatoms. The van der Waals surface area contributed by atoms with E-state index < -0.39 is 0 Å². The highest BCUT2D eigenvalue weighted by Crippen LogP contribution is 2.27. The number of benzene rings is 1. The highest BCUT2D eigenvalue weighted by molar-refractivity contribution is 9.10. The zero-order chi connectivity index (χ0) is 16.9. The minimum Gasteiger partial charge on any atom is -0.370 e. The van der Waals surface area contributed by atoms with E-state index in [0.717, 1.165) is 23.1 Å². The Morgan fingerprint density at radius 3 is 3.04 bits per heavy atom. The summed E-state index contributed by atoms with van der Waals surface area (Å²) in [7, 11) is 0. The molecule has 140 valence electrons.